The molecule has 0 aromatic carbocycles. The summed E-state index contributed by atoms with van der Waals surface area (Å²) in [5, 5.41) is 17.2. The number of hydrogen-bond donors (Lipinski definition) is 2. The van der Waals surface area contributed by atoms with Crippen molar-refractivity contribution in [3.63, 3.8) is 0 Å². The van der Waals surface area contributed by atoms with Gasteiger partial charge in [-0.15, -0.1) is 0 Å². The molecular formula is C12H18O4. The zero-order chi connectivity index (χ0) is 12.6. The molecule has 16 heavy (non-hydrogen) atoms. The second-order valence-electron chi connectivity index (χ2n) is 4.18. The zero-order valence-electron chi connectivity index (χ0n) is 9.64. The lowest BCUT2D eigenvalue weighted by Gasteiger charge is -2.17. The van der Waals surface area contributed by atoms with E-state index in [9.17, 15) is 9.59 Å². The molecule has 0 spiro atoms. The number of carboxylic acids is 2. The van der Waals surface area contributed by atoms with Crippen LogP contribution < -0.4 is 0 Å². The van der Waals surface area contributed by atoms with Crippen molar-refractivity contribution < 1.29 is 19.8 Å². The van der Waals surface area contributed by atoms with Crippen molar-refractivity contribution in [2.45, 2.75) is 33.1 Å². The van der Waals surface area contributed by atoms with E-state index >= 15 is 0 Å². The van der Waals surface area contributed by atoms with Crippen molar-refractivity contribution in [2.75, 3.05) is 0 Å². The molecule has 0 saturated carbocycles. The van der Waals surface area contributed by atoms with Gasteiger partial charge in [-0.05, 0) is 26.7 Å². The lowest BCUT2D eigenvalue weighted by Crippen LogP contribution is -2.22. The van der Waals surface area contributed by atoms with Crippen molar-refractivity contribution in [1.82, 2.24) is 0 Å². The highest BCUT2D eigenvalue weighted by molar-refractivity contribution is 5.73. The Kier molecular flexibility index (Phi) is 6.15. The van der Waals surface area contributed by atoms with Crippen LogP contribution in [0.2, 0.25) is 0 Å². The maximum atomic E-state index is 10.8. The maximum Gasteiger partial charge on any atom is 0.309 e. The van der Waals surface area contributed by atoms with Crippen LogP contribution in [0.4, 0.5) is 0 Å². The van der Waals surface area contributed by atoms with Crippen LogP contribution in [0.25, 0.3) is 0 Å². The predicted octanol–water partition coefficient (Wildman–Crippen LogP) is 2.46. The van der Waals surface area contributed by atoms with E-state index in [-0.39, 0.29) is 6.42 Å². The molecule has 0 aliphatic carbocycles. The van der Waals surface area contributed by atoms with Crippen LogP contribution in [0, 0.1) is 5.41 Å². The topological polar surface area (TPSA) is 74.6 Å². The van der Waals surface area contributed by atoms with Gasteiger partial charge in [0.15, 0.2) is 0 Å². The molecule has 0 heterocycles. The van der Waals surface area contributed by atoms with E-state index in [4.69, 9.17) is 10.2 Å². The average molecular weight is 226 g/mol. The van der Waals surface area contributed by atoms with Gasteiger partial charge in [-0.1, -0.05) is 24.3 Å². The average Bonchev–Trinajstić information content (AvgIpc) is 2.15. The Morgan fingerprint density at radius 3 is 2.19 bits per heavy atom. The molecule has 90 valence electrons. The smallest absolute Gasteiger partial charge is 0.309 e. The van der Waals surface area contributed by atoms with Crippen LogP contribution in [-0.4, -0.2) is 22.2 Å². The Balaban J connectivity index is 3.82. The Morgan fingerprint density at radius 1 is 1.12 bits per heavy atom. The van der Waals surface area contributed by atoms with E-state index in [0.717, 1.165) is 0 Å². The first-order valence-electron chi connectivity index (χ1n) is 5.13. The first-order chi connectivity index (χ1) is 7.36. The minimum Gasteiger partial charge on any atom is -0.481 e. The quantitative estimate of drug-likeness (QED) is 0.654. The van der Waals surface area contributed by atoms with Crippen molar-refractivity contribution in [3.8, 4) is 0 Å². The summed E-state index contributed by atoms with van der Waals surface area (Å²) in [6, 6.07) is 0. The molecule has 0 saturated heterocycles. The van der Waals surface area contributed by atoms with Crippen LogP contribution in [0.3, 0.4) is 0 Å². The number of allylic oxidation sites excluding steroid dienone is 3. The Morgan fingerprint density at radius 2 is 1.69 bits per heavy atom. The monoisotopic (exact) mass is 226 g/mol. The van der Waals surface area contributed by atoms with Gasteiger partial charge in [-0.3, -0.25) is 9.59 Å². The molecule has 0 atom stereocenters. The molecule has 0 rings (SSSR count). The molecule has 0 amide bonds. The van der Waals surface area contributed by atoms with Crippen LogP contribution >= 0.6 is 0 Å². The molecule has 0 unspecified atom stereocenters. The molecule has 0 aromatic rings. The summed E-state index contributed by atoms with van der Waals surface area (Å²) in [5.74, 6) is -1.67. The molecule has 0 aliphatic rings. The summed E-state index contributed by atoms with van der Waals surface area (Å²) < 4.78 is 0. The molecule has 4 heteroatoms. The summed E-state index contributed by atoms with van der Waals surface area (Å²) in [4.78, 5) is 20.9. The summed E-state index contributed by atoms with van der Waals surface area (Å²) in [5.41, 5.74) is -0.713. The van der Waals surface area contributed by atoms with Crippen molar-refractivity contribution in [2.24, 2.45) is 5.41 Å². The zero-order valence-corrected chi connectivity index (χ0v) is 9.64. The summed E-state index contributed by atoms with van der Waals surface area (Å²) in [7, 11) is 0. The Hall–Kier alpha value is -1.58. The highest BCUT2D eigenvalue weighted by Crippen LogP contribution is 2.22. The van der Waals surface area contributed by atoms with Crippen molar-refractivity contribution in [1.29, 1.82) is 0 Å². The third-order valence-corrected chi connectivity index (χ3v) is 2.19. The predicted molar refractivity (Wildman–Crippen MR) is 61.2 cm³/mol. The van der Waals surface area contributed by atoms with E-state index in [0.29, 0.717) is 12.8 Å². The van der Waals surface area contributed by atoms with Gasteiger partial charge in [0, 0.05) is 0 Å². The summed E-state index contributed by atoms with van der Waals surface area (Å²) in [6.45, 7) is 3.37. The number of carboxylic acid groups (broad SMARTS) is 2. The fraction of sp³-hybridized carbons (Fsp3) is 0.500. The number of aliphatic carboxylic acids is 2. The molecule has 0 fully saturated rings. The lowest BCUT2D eigenvalue weighted by atomic mass is 9.88. The highest BCUT2D eigenvalue weighted by atomic mass is 16.4. The first kappa shape index (κ1) is 14.4. The normalized spacial score (nSPS) is 12.4. The largest absolute Gasteiger partial charge is 0.481 e. The minimum atomic E-state index is -0.864. The number of carbonyl (C=O) groups is 2. The third kappa shape index (κ3) is 6.81. The van der Waals surface area contributed by atoms with Crippen LogP contribution in [0.5, 0.6) is 0 Å². The van der Waals surface area contributed by atoms with Gasteiger partial charge in [-0.25, -0.2) is 0 Å². The minimum absolute atomic E-state index is 0.00492. The summed E-state index contributed by atoms with van der Waals surface area (Å²) >= 11 is 0. The standard InChI is InChI=1S/C12H18O4/c1-12(2,11(15)16)9-7-5-3-4-6-8-10(13)14/h3-6H,7-9H2,1-2H3,(H,13,14)(H,15,16). The second-order valence-corrected chi connectivity index (χ2v) is 4.18. The third-order valence-electron chi connectivity index (χ3n) is 2.19. The van der Waals surface area contributed by atoms with E-state index in [1.807, 2.05) is 6.08 Å². The second kappa shape index (κ2) is 6.82. The van der Waals surface area contributed by atoms with Gasteiger partial charge in [0.1, 0.15) is 0 Å². The lowest BCUT2D eigenvalue weighted by molar-refractivity contribution is -0.147. The fourth-order valence-electron chi connectivity index (χ4n) is 0.973. The molecule has 0 radical (unpaired) electrons. The maximum absolute atomic E-state index is 10.8. The SMILES string of the molecule is CC(C)(CCC=CC=CCC(=O)O)C(=O)O. The van der Waals surface area contributed by atoms with Crippen molar-refractivity contribution >= 4 is 11.9 Å². The highest BCUT2D eigenvalue weighted by Gasteiger charge is 2.25. The molecule has 4 nitrogen and oxygen atoms in total. The Bertz CT molecular complexity index is 300. The van der Waals surface area contributed by atoms with Gasteiger partial charge < -0.3 is 10.2 Å². The molecule has 0 aromatic heterocycles. The van der Waals surface area contributed by atoms with Crippen LogP contribution in [0.1, 0.15) is 33.1 Å². The number of hydrogen-bond acceptors (Lipinski definition) is 2. The first-order valence-corrected chi connectivity index (χ1v) is 5.13. The molecule has 0 aliphatic heterocycles. The fourth-order valence-corrected chi connectivity index (χ4v) is 0.973. The van der Waals surface area contributed by atoms with Gasteiger partial charge in [0.25, 0.3) is 0 Å². The van der Waals surface area contributed by atoms with Gasteiger partial charge >= 0.3 is 11.9 Å². The van der Waals surface area contributed by atoms with Gasteiger partial charge in [0.2, 0.25) is 0 Å². The van der Waals surface area contributed by atoms with Crippen LogP contribution in [-0.2, 0) is 9.59 Å². The molecular weight excluding hydrogens is 208 g/mol. The summed E-state index contributed by atoms with van der Waals surface area (Å²) in [6.07, 6.45) is 8.00. The van der Waals surface area contributed by atoms with E-state index in [1.54, 1.807) is 32.1 Å². The number of rotatable bonds is 7. The van der Waals surface area contributed by atoms with E-state index in [2.05, 4.69) is 0 Å². The van der Waals surface area contributed by atoms with Gasteiger partial charge in [-0.2, -0.15) is 0 Å². The molecule has 2 N–H and O–H groups in total. The van der Waals surface area contributed by atoms with Crippen molar-refractivity contribution in [3.05, 3.63) is 24.3 Å². The molecule has 0 bridgehead atoms. The van der Waals surface area contributed by atoms with Gasteiger partial charge in [0.05, 0.1) is 11.8 Å². The van der Waals surface area contributed by atoms with E-state index in [1.165, 1.54) is 0 Å². The Labute approximate surface area is 95.3 Å². The van der Waals surface area contributed by atoms with Crippen LogP contribution in [0.15, 0.2) is 24.3 Å². The van der Waals surface area contributed by atoms with E-state index < -0.39 is 17.4 Å².